The highest BCUT2D eigenvalue weighted by Crippen LogP contribution is 2.20. The minimum Gasteiger partial charge on any atom is -0.348 e. The van der Waals surface area contributed by atoms with E-state index < -0.39 is 6.04 Å². The Kier molecular flexibility index (Phi) is 6.68. The van der Waals surface area contributed by atoms with E-state index in [-0.39, 0.29) is 36.1 Å². The number of nitrogens with two attached hydrogens (primary N) is 1. The van der Waals surface area contributed by atoms with Crippen molar-refractivity contribution in [2.24, 2.45) is 11.7 Å². The van der Waals surface area contributed by atoms with Gasteiger partial charge in [-0.3, -0.25) is 9.59 Å². The van der Waals surface area contributed by atoms with E-state index in [0.29, 0.717) is 0 Å². The van der Waals surface area contributed by atoms with Crippen LogP contribution in [0.15, 0.2) is 30.5 Å². The molecule has 4 N–H and O–H groups in total. The number of rotatable bonds is 7. The molecule has 2 amide bonds. The first-order valence-corrected chi connectivity index (χ1v) is 8.83. The summed E-state index contributed by atoms with van der Waals surface area (Å²) in [6.45, 7) is 7.24. The smallest absolute Gasteiger partial charge is 0.239 e. The molecule has 0 aliphatic carbocycles. The average molecular weight is 375 g/mol. The molecule has 1 aromatic heterocycles. The van der Waals surface area contributed by atoms with Gasteiger partial charge < -0.3 is 16.4 Å². The van der Waals surface area contributed by atoms with Crippen molar-refractivity contribution in [1.82, 2.24) is 20.4 Å². The van der Waals surface area contributed by atoms with E-state index >= 15 is 0 Å². The van der Waals surface area contributed by atoms with Crippen molar-refractivity contribution in [2.45, 2.75) is 39.8 Å². The van der Waals surface area contributed by atoms with E-state index in [1.807, 2.05) is 27.7 Å². The minimum atomic E-state index is -0.647. The number of hydrogen-bond donors (Lipinski definition) is 3. The number of carbonyl (C=O) groups excluding carboxylic acids is 2. The van der Waals surface area contributed by atoms with E-state index in [0.717, 1.165) is 16.9 Å². The summed E-state index contributed by atoms with van der Waals surface area (Å²) in [6.07, 6.45) is 1.66. The van der Waals surface area contributed by atoms with Crippen LogP contribution < -0.4 is 16.4 Å². The Labute approximate surface area is 158 Å². The fourth-order valence-electron chi connectivity index (χ4n) is 2.65. The summed E-state index contributed by atoms with van der Waals surface area (Å²) in [6, 6.07) is 5.05. The molecule has 2 rings (SSSR count). The first-order chi connectivity index (χ1) is 12.7. The van der Waals surface area contributed by atoms with Gasteiger partial charge in [0.15, 0.2) is 0 Å². The molecule has 0 saturated heterocycles. The average Bonchev–Trinajstić information content (AvgIpc) is 3.01. The Balaban J connectivity index is 1.98. The van der Waals surface area contributed by atoms with Gasteiger partial charge in [0.05, 0.1) is 30.5 Å². The molecule has 0 saturated carbocycles. The molecule has 0 bridgehead atoms. The Morgan fingerprint density at radius 2 is 1.85 bits per heavy atom. The zero-order chi connectivity index (χ0) is 20.1. The molecule has 2 aromatic rings. The van der Waals surface area contributed by atoms with Gasteiger partial charge in [0, 0.05) is 11.3 Å². The molecule has 8 heteroatoms. The van der Waals surface area contributed by atoms with Crippen molar-refractivity contribution in [1.29, 1.82) is 0 Å². The molecule has 0 aliphatic heterocycles. The topological polar surface area (TPSA) is 102 Å². The molecule has 1 unspecified atom stereocenters. The van der Waals surface area contributed by atoms with Gasteiger partial charge in [0.2, 0.25) is 11.8 Å². The van der Waals surface area contributed by atoms with Gasteiger partial charge in [-0.1, -0.05) is 13.8 Å². The molecular weight excluding hydrogens is 349 g/mol. The number of amides is 2. The molecular formula is C19H26FN5O2. The zero-order valence-electron chi connectivity index (χ0n) is 16.0. The maximum absolute atomic E-state index is 13.1. The lowest BCUT2D eigenvalue weighted by Crippen LogP contribution is -2.47. The fraction of sp³-hybridized carbons (Fsp3) is 0.421. The second-order valence-corrected chi connectivity index (χ2v) is 6.85. The van der Waals surface area contributed by atoms with Gasteiger partial charge >= 0.3 is 0 Å². The van der Waals surface area contributed by atoms with Gasteiger partial charge in [-0.05, 0) is 44.0 Å². The van der Waals surface area contributed by atoms with E-state index in [4.69, 9.17) is 5.73 Å². The van der Waals surface area contributed by atoms with Crippen molar-refractivity contribution in [3.63, 3.8) is 0 Å². The van der Waals surface area contributed by atoms with Gasteiger partial charge in [-0.2, -0.15) is 5.10 Å². The standard InChI is InChI=1S/C19H26FN5O2/c1-11(2)18(21)19(27)22-10-17(26)24-12(3)16-9-23-25(13(16)4)15-7-5-14(20)6-8-15/h5-9,11-12,18H,10,21H2,1-4H3,(H,22,27)(H,24,26)/t12?,18-/m0/s1. The molecule has 7 nitrogen and oxygen atoms in total. The lowest BCUT2D eigenvalue weighted by atomic mass is 10.1. The predicted molar refractivity (Wildman–Crippen MR) is 101 cm³/mol. The van der Waals surface area contributed by atoms with Crippen LogP contribution in [0, 0.1) is 18.7 Å². The third kappa shape index (κ3) is 5.13. The minimum absolute atomic E-state index is 0.00747. The van der Waals surface area contributed by atoms with Crippen LogP contribution in [-0.2, 0) is 9.59 Å². The number of benzene rings is 1. The molecule has 2 atom stereocenters. The lowest BCUT2D eigenvalue weighted by molar-refractivity contribution is -0.127. The molecule has 0 radical (unpaired) electrons. The Bertz CT molecular complexity index is 801. The number of nitrogens with zero attached hydrogens (tertiary/aromatic N) is 2. The zero-order valence-corrected chi connectivity index (χ0v) is 16.0. The Hall–Kier alpha value is -2.74. The number of aromatic nitrogens is 2. The monoisotopic (exact) mass is 375 g/mol. The van der Waals surface area contributed by atoms with Crippen LogP contribution in [0.3, 0.4) is 0 Å². The molecule has 0 aliphatic rings. The summed E-state index contributed by atoms with van der Waals surface area (Å²) in [5.41, 5.74) is 8.14. The van der Waals surface area contributed by atoms with E-state index in [2.05, 4.69) is 15.7 Å². The second-order valence-electron chi connectivity index (χ2n) is 6.85. The maximum atomic E-state index is 13.1. The largest absolute Gasteiger partial charge is 0.348 e. The van der Waals surface area contributed by atoms with Crippen molar-refractivity contribution >= 4 is 11.8 Å². The highest BCUT2D eigenvalue weighted by atomic mass is 19.1. The van der Waals surface area contributed by atoms with Crippen LogP contribution in [0.25, 0.3) is 5.69 Å². The highest BCUT2D eigenvalue weighted by Gasteiger charge is 2.19. The lowest BCUT2D eigenvalue weighted by Gasteiger charge is -2.17. The van der Waals surface area contributed by atoms with Crippen molar-refractivity contribution in [2.75, 3.05) is 6.54 Å². The normalized spacial score (nSPS) is 13.3. The molecule has 0 spiro atoms. The summed E-state index contributed by atoms with van der Waals surface area (Å²) in [5.74, 6) is -0.996. The van der Waals surface area contributed by atoms with Crippen molar-refractivity contribution in [3.05, 3.63) is 47.5 Å². The number of hydrogen-bond acceptors (Lipinski definition) is 4. The van der Waals surface area contributed by atoms with Gasteiger partial charge in [-0.15, -0.1) is 0 Å². The van der Waals surface area contributed by atoms with Crippen LogP contribution in [0.1, 0.15) is 38.1 Å². The van der Waals surface area contributed by atoms with Crippen LogP contribution in [0.2, 0.25) is 0 Å². The predicted octanol–water partition coefficient (Wildman–Crippen LogP) is 1.60. The highest BCUT2D eigenvalue weighted by molar-refractivity contribution is 5.87. The van der Waals surface area contributed by atoms with Crippen LogP contribution >= 0.6 is 0 Å². The number of carbonyl (C=O) groups is 2. The summed E-state index contributed by atoms with van der Waals surface area (Å²) in [4.78, 5) is 23.9. The summed E-state index contributed by atoms with van der Waals surface area (Å²) in [5, 5.41) is 9.68. The van der Waals surface area contributed by atoms with Crippen LogP contribution in [-0.4, -0.2) is 34.2 Å². The van der Waals surface area contributed by atoms with Gasteiger partial charge in [0.25, 0.3) is 0 Å². The third-order valence-electron chi connectivity index (χ3n) is 4.41. The van der Waals surface area contributed by atoms with Crippen molar-refractivity contribution in [3.8, 4) is 5.69 Å². The van der Waals surface area contributed by atoms with Crippen molar-refractivity contribution < 1.29 is 14.0 Å². The number of halogens is 1. The maximum Gasteiger partial charge on any atom is 0.239 e. The number of nitrogens with one attached hydrogen (secondary N) is 2. The Morgan fingerprint density at radius 1 is 1.22 bits per heavy atom. The summed E-state index contributed by atoms with van der Waals surface area (Å²) >= 11 is 0. The first kappa shape index (κ1) is 20.6. The van der Waals surface area contributed by atoms with Crippen LogP contribution in [0.5, 0.6) is 0 Å². The molecule has 146 valence electrons. The van der Waals surface area contributed by atoms with Gasteiger partial charge in [0.1, 0.15) is 5.82 Å². The molecule has 1 heterocycles. The molecule has 0 fully saturated rings. The Morgan fingerprint density at radius 3 is 2.44 bits per heavy atom. The second kappa shape index (κ2) is 8.77. The molecule has 27 heavy (non-hydrogen) atoms. The first-order valence-electron chi connectivity index (χ1n) is 8.83. The quantitative estimate of drug-likeness (QED) is 0.684. The van der Waals surface area contributed by atoms with E-state index in [1.165, 1.54) is 12.1 Å². The summed E-state index contributed by atoms with van der Waals surface area (Å²) < 4.78 is 14.8. The van der Waals surface area contributed by atoms with Crippen LogP contribution in [0.4, 0.5) is 4.39 Å². The summed E-state index contributed by atoms with van der Waals surface area (Å²) in [7, 11) is 0. The van der Waals surface area contributed by atoms with Gasteiger partial charge in [-0.25, -0.2) is 9.07 Å². The fourth-order valence-corrected chi connectivity index (χ4v) is 2.65. The third-order valence-corrected chi connectivity index (χ3v) is 4.41. The van der Waals surface area contributed by atoms with E-state index in [9.17, 15) is 14.0 Å². The molecule has 1 aromatic carbocycles. The SMILES string of the molecule is Cc1c(C(C)NC(=O)CNC(=O)[C@@H](N)C(C)C)cnn1-c1ccc(F)cc1. The van der Waals surface area contributed by atoms with E-state index in [1.54, 1.807) is 23.0 Å².